The van der Waals surface area contributed by atoms with Crippen molar-refractivity contribution in [1.82, 2.24) is 0 Å². The van der Waals surface area contributed by atoms with E-state index in [1.54, 1.807) is 0 Å². The number of hydrogen-bond acceptors (Lipinski definition) is 2. The molecule has 0 heterocycles. The van der Waals surface area contributed by atoms with E-state index in [-0.39, 0.29) is 11.5 Å². The summed E-state index contributed by atoms with van der Waals surface area (Å²) in [7, 11) is 0. The lowest BCUT2D eigenvalue weighted by molar-refractivity contribution is -0.138. The monoisotopic (exact) mass is 318 g/mol. The molecule has 2 heteroatoms. The summed E-state index contributed by atoms with van der Waals surface area (Å²) in [6, 6.07) is 0. The summed E-state index contributed by atoms with van der Waals surface area (Å²) in [5, 5.41) is 10.1. The Morgan fingerprint density at radius 1 is 0.913 bits per heavy atom. The number of ketones is 1. The second-order valence-corrected chi connectivity index (χ2v) is 9.87. The van der Waals surface area contributed by atoms with Crippen LogP contribution in [0.3, 0.4) is 0 Å². The van der Waals surface area contributed by atoms with Crippen molar-refractivity contribution in [3.8, 4) is 0 Å². The summed E-state index contributed by atoms with van der Waals surface area (Å²) in [4.78, 5) is 12.2. The van der Waals surface area contributed by atoms with Crippen molar-refractivity contribution in [2.75, 3.05) is 0 Å². The topological polar surface area (TPSA) is 37.3 Å². The molecule has 0 aromatic carbocycles. The Kier molecular flexibility index (Phi) is 3.72. The molecule has 0 unspecified atom stereocenters. The van der Waals surface area contributed by atoms with Crippen LogP contribution in [-0.4, -0.2) is 17.0 Å². The van der Waals surface area contributed by atoms with Crippen molar-refractivity contribution in [3.63, 3.8) is 0 Å². The Hall–Kier alpha value is -0.370. The van der Waals surface area contributed by atoms with Crippen molar-refractivity contribution in [2.24, 2.45) is 40.4 Å². The summed E-state index contributed by atoms with van der Waals surface area (Å²) in [6.45, 7) is 6.80. The van der Waals surface area contributed by atoms with Crippen molar-refractivity contribution in [1.29, 1.82) is 0 Å². The minimum Gasteiger partial charge on any atom is -0.393 e. The number of carbonyl (C=O) groups is 1. The molecule has 0 radical (unpaired) electrons. The summed E-state index contributed by atoms with van der Waals surface area (Å²) in [6.07, 6.45) is 10.9. The van der Waals surface area contributed by atoms with E-state index in [1.165, 1.54) is 38.5 Å². The first-order chi connectivity index (χ1) is 10.9. The molecule has 23 heavy (non-hydrogen) atoms. The van der Waals surface area contributed by atoms with E-state index in [4.69, 9.17) is 0 Å². The average Bonchev–Trinajstić information content (AvgIpc) is 2.85. The van der Waals surface area contributed by atoms with Gasteiger partial charge in [-0.1, -0.05) is 13.8 Å². The summed E-state index contributed by atoms with van der Waals surface area (Å²) in [5.41, 5.74) is 0.738. The molecule has 130 valence electrons. The van der Waals surface area contributed by atoms with Crippen LogP contribution in [0.25, 0.3) is 0 Å². The van der Waals surface area contributed by atoms with E-state index >= 15 is 0 Å². The van der Waals surface area contributed by atoms with Gasteiger partial charge in [0.25, 0.3) is 0 Å². The molecule has 8 atom stereocenters. The fourth-order valence-electron chi connectivity index (χ4n) is 7.90. The maximum Gasteiger partial charge on any atom is 0.133 e. The smallest absolute Gasteiger partial charge is 0.133 e. The third-order valence-electron chi connectivity index (χ3n) is 9.13. The zero-order valence-electron chi connectivity index (χ0n) is 15.2. The highest BCUT2D eigenvalue weighted by Crippen LogP contribution is 2.67. The molecule has 0 amide bonds. The number of rotatable bonds is 1. The van der Waals surface area contributed by atoms with Gasteiger partial charge in [-0.2, -0.15) is 0 Å². The van der Waals surface area contributed by atoms with E-state index < -0.39 is 0 Å². The Balaban J connectivity index is 1.61. The van der Waals surface area contributed by atoms with E-state index in [0.717, 1.165) is 42.9 Å². The SMILES string of the molecule is CC(=O)[C@@H]1CC[C@H]2[C@H]3CC[C@H]4C[C@H](O)CC[C@]4(C)[C@@H]3CC[C@]12C. The first kappa shape index (κ1) is 16.1. The predicted octanol–water partition coefficient (Wildman–Crippen LogP) is 4.60. The molecule has 4 rings (SSSR count). The molecule has 1 N–H and O–H groups in total. The summed E-state index contributed by atoms with van der Waals surface area (Å²) in [5.74, 6) is 3.97. The lowest BCUT2D eigenvalue weighted by Crippen LogP contribution is -2.54. The molecule has 0 saturated heterocycles. The van der Waals surface area contributed by atoms with E-state index in [9.17, 15) is 9.90 Å². The van der Waals surface area contributed by atoms with Crippen LogP contribution in [0.4, 0.5) is 0 Å². The van der Waals surface area contributed by atoms with Gasteiger partial charge >= 0.3 is 0 Å². The molecular weight excluding hydrogens is 284 g/mol. The fraction of sp³-hybridized carbons (Fsp3) is 0.952. The van der Waals surface area contributed by atoms with E-state index in [1.807, 2.05) is 6.92 Å². The van der Waals surface area contributed by atoms with Crippen LogP contribution in [0, 0.1) is 40.4 Å². The van der Waals surface area contributed by atoms with Crippen molar-refractivity contribution >= 4 is 5.78 Å². The largest absolute Gasteiger partial charge is 0.393 e. The predicted molar refractivity (Wildman–Crippen MR) is 91.9 cm³/mol. The number of Topliss-reactive ketones (excluding diaryl/α,β-unsaturated/α-hetero) is 1. The van der Waals surface area contributed by atoms with E-state index in [2.05, 4.69) is 13.8 Å². The molecule has 0 aliphatic heterocycles. The lowest BCUT2D eigenvalue weighted by atomic mass is 9.44. The molecule has 0 bridgehead atoms. The third kappa shape index (κ3) is 2.19. The fourth-order valence-corrected chi connectivity index (χ4v) is 7.90. The molecule has 4 saturated carbocycles. The highest BCUT2D eigenvalue weighted by atomic mass is 16.3. The number of aliphatic hydroxyl groups excluding tert-OH is 1. The van der Waals surface area contributed by atoms with Crippen molar-refractivity contribution in [3.05, 3.63) is 0 Å². The van der Waals surface area contributed by atoms with Crippen LogP contribution in [0.15, 0.2) is 0 Å². The average molecular weight is 319 g/mol. The second-order valence-electron chi connectivity index (χ2n) is 9.87. The minimum absolute atomic E-state index is 0.0490. The maximum atomic E-state index is 12.2. The van der Waals surface area contributed by atoms with Crippen LogP contribution >= 0.6 is 0 Å². The van der Waals surface area contributed by atoms with Gasteiger partial charge in [0.05, 0.1) is 6.10 Å². The van der Waals surface area contributed by atoms with Crippen molar-refractivity contribution in [2.45, 2.75) is 84.7 Å². The molecule has 0 spiro atoms. The van der Waals surface area contributed by atoms with Gasteiger partial charge in [0, 0.05) is 5.92 Å². The van der Waals surface area contributed by atoms with Gasteiger partial charge in [-0.05, 0) is 99.2 Å². The zero-order chi connectivity index (χ0) is 16.4. The van der Waals surface area contributed by atoms with Crippen molar-refractivity contribution < 1.29 is 9.90 Å². The summed E-state index contributed by atoms with van der Waals surface area (Å²) >= 11 is 0. The standard InChI is InChI=1S/C21H34O2/c1-13(22)17-6-7-18-16-5-4-14-12-15(23)8-10-20(14,2)19(16)9-11-21(17,18)3/h14-19,23H,4-12H2,1-3H3/t14-,15+,16+,17-,18-,19+,20-,21+/m0/s1. The number of aliphatic hydroxyl groups is 1. The number of fused-ring (bicyclic) bond motifs is 5. The summed E-state index contributed by atoms with van der Waals surface area (Å²) < 4.78 is 0. The molecule has 0 aromatic heterocycles. The highest BCUT2D eigenvalue weighted by molar-refractivity contribution is 5.79. The van der Waals surface area contributed by atoms with Crippen LogP contribution in [0.2, 0.25) is 0 Å². The molecular formula is C21H34O2. The maximum absolute atomic E-state index is 12.2. The zero-order valence-corrected chi connectivity index (χ0v) is 15.2. The van der Waals surface area contributed by atoms with Crippen LogP contribution < -0.4 is 0 Å². The van der Waals surface area contributed by atoms with Crippen LogP contribution in [0.5, 0.6) is 0 Å². The highest BCUT2D eigenvalue weighted by Gasteiger charge is 2.60. The normalized spacial score (nSPS) is 55.7. The Morgan fingerprint density at radius 3 is 2.35 bits per heavy atom. The second kappa shape index (κ2) is 5.31. The molecule has 2 nitrogen and oxygen atoms in total. The Bertz CT molecular complexity index is 500. The van der Waals surface area contributed by atoms with Crippen LogP contribution in [-0.2, 0) is 4.79 Å². The number of hydrogen-bond donors (Lipinski definition) is 1. The number of carbonyl (C=O) groups excluding carboxylic acids is 1. The first-order valence-electron chi connectivity index (χ1n) is 10.0. The van der Waals surface area contributed by atoms with Gasteiger partial charge in [-0.25, -0.2) is 0 Å². The third-order valence-corrected chi connectivity index (χ3v) is 9.13. The van der Waals surface area contributed by atoms with Gasteiger partial charge in [0.15, 0.2) is 0 Å². The van der Waals surface area contributed by atoms with E-state index in [0.29, 0.717) is 17.1 Å². The van der Waals surface area contributed by atoms with Gasteiger partial charge in [-0.15, -0.1) is 0 Å². The quantitative estimate of drug-likeness (QED) is 0.767. The minimum atomic E-state index is -0.0490. The lowest BCUT2D eigenvalue weighted by Gasteiger charge is -2.60. The molecule has 4 aliphatic carbocycles. The Morgan fingerprint density at radius 2 is 1.61 bits per heavy atom. The van der Waals surface area contributed by atoms with Crippen LogP contribution in [0.1, 0.15) is 78.6 Å². The first-order valence-corrected chi connectivity index (χ1v) is 10.0. The van der Waals surface area contributed by atoms with Gasteiger partial charge in [0.1, 0.15) is 5.78 Å². The van der Waals surface area contributed by atoms with Gasteiger partial charge in [-0.3, -0.25) is 4.79 Å². The molecule has 0 aromatic rings. The molecule has 4 fully saturated rings. The van der Waals surface area contributed by atoms with Gasteiger partial charge < -0.3 is 5.11 Å². The van der Waals surface area contributed by atoms with Gasteiger partial charge in [0.2, 0.25) is 0 Å². The Labute approximate surface area is 141 Å². The molecule has 4 aliphatic rings.